The first-order valence-electron chi connectivity index (χ1n) is 9.34. The highest BCUT2D eigenvalue weighted by atomic mass is 79.9. The lowest BCUT2D eigenvalue weighted by atomic mass is 10.1. The quantitative estimate of drug-likeness (QED) is 0.229. The number of para-hydroxylation sites is 2. The number of hydrogen-bond donors (Lipinski definition) is 1. The molecule has 3 aromatic carbocycles. The van der Waals surface area contributed by atoms with Crippen LogP contribution in [-0.2, 0) is 4.79 Å². The lowest BCUT2D eigenvalue weighted by Gasteiger charge is -2.10. The molecule has 4 aromatic rings. The average molecular weight is 478 g/mol. The van der Waals surface area contributed by atoms with Crippen LogP contribution in [0.25, 0.3) is 11.0 Å². The molecule has 31 heavy (non-hydrogen) atoms. The van der Waals surface area contributed by atoms with E-state index >= 15 is 0 Å². The lowest BCUT2D eigenvalue weighted by molar-refractivity contribution is -0.131. The Morgan fingerprint density at radius 2 is 1.58 bits per heavy atom. The van der Waals surface area contributed by atoms with Crippen molar-refractivity contribution in [2.24, 2.45) is 0 Å². The molecule has 0 fully saturated rings. The number of furan rings is 1. The number of fused-ring (bicyclic) bond motifs is 1. The van der Waals surface area contributed by atoms with E-state index in [1.165, 1.54) is 19.1 Å². The standard InChI is InChI=1S/C24H16BrNO5/c1-14(27)30-20-9-5-3-7-18(20)24(29)26-21-17-6-2-4-8-19(17)31-23(21)22(28)15-10-12-16(25)13-11-15/h2-13H,1H3,(H,26,29). The molecule has 1 heterocycles. The topological polar surface area (TPSA) is 85.6 Å². The number of anilines is 1. The molecule has 6 nitrogen and oxygen atoms in total. The van der Waals surface area contributed by atoms with E-state index in [2.05, 4.69) is 21.2 Å². The van der Waals surface area contributed by atoms with E-state index in [1.54, 1.807) is 60.7 Å². The summed E-state index contributed by atoms with van der Waals surface area (Å²) in [6.45, 7) is 1.26. The molecule has 0 aliphatic rings. The van der Waals surface area contributed by atoms with Crippen LogP contribution in [0.4, 0.5) is 5.69 Å². The third-order valence-corrected chi connectivity index (χ3v) is 5.06. The Labute approximate surface area is 185 Å². The Bertz CT molecular complexity index is 1310. The third kappa shape index (κ3) is 4.27. The number of hydrogen-bond acceptors (Lipinski definition) is 5. The van der Waals surface area contributed by atoms with Gasteiger partial charge >= 0.3 is 5.97 Å². The van der Waals surface area contributed by atoms with E-state index < -0.39 is 11.9 Å². The van der Waals surface area contributed by atoms with Gasteiger partial charge in [-0.1, -0.05) is 40.2 Å². The highest BCUT2D eigenvalue weighted by Gasteiger charge is 2.24. The predicted octanol–water partition coefficient (Wildman–Crippen LogP) is 5.60. The average Bonchev–Trinajstić information content (AvgIpc) is 3.12. The van der Waals surface area contributed by atoms with Crippen LogP contribution >= 0.6 is 15.9 Å². The van der Waals surface area contributed by atoms with Crippen LogP contribution in [0.5, 0.6) is 5.75 Å². The summed E-state index contributed by atoms with van der Waals surface area (Å²) in [5, 5.41) is 3.36. The van der Waals surface area contributed by atoms with Gasteiger partial charge in [-0.3, -0.25) is 14.4 Å². The summed E-state index contributed by atoms with van der Waals surface area (Å²) in [7, 11) is 0. The zero-order chi connectivity index (χ0) is 22.0. The van der Waals surface area contributed by atoms with Crippen molar-refractivity contribution in [3.8, 4) is 5.75 Å². The smallest absolute Gasteiger partial charge is 0.308 e. The number of benzene rings is 3. The highest BCUT2D eigenvalue weighted by molar-refractivity contribution is 9.10. The third-order valence-electron chi connectivity index (χ3n) is 4.53. The number of halogens is 1. The van der Waals surface area contributed by atoms with E-state index in [0.717, 1.165) is 4.47 Å². The molecule has 1 amide bonds. The maximum absolute atomic E-state index is 13.1. The molecule has 0 saturated carbocycles. The number of rotatable bonds is 5. The van der Waals surface area contributed by atoms with Gasteiger partial charge in [0, 0.05) is 22.3 Å². The number of ketones is 1. The first kappa shape index (κ1) is 20.6. The summed E-state index contributed by atoms with van der Waals surface area (Å²) in [6.07, 6.45) is 0. The first-order chi connectivity index (χ1) is 14.9. The number of nitrogens with one attached hydrogen (secondary N) is 1. The van der Waals surface area contributed by atoms with Crippen molar-refractivity contribution in [1.82, 2.24) is 0 Å². The van der Waals surface area contributed by atoms with Crippen LogP contribution in [0.3, 0.4) is 0 Å². The van der Waals surface area contributed by atoms with Gasteiger partial charge in [0.05, 0.1) is 11.3 Å². The van der Waals surface area contributed by atoms with Crippen molar-refractivity contribution in [3.63, 3.8) is 0 Å². The van der Waals surface area contributed by atoms with Gasteiger partial charge in [-0.2, -0.15) is 0 Å². The zero-order valence-electron chi connectivity index (χ0n) is 16.3. The Morgan fingerprint density at radius 1 is 0.903 bits per heavy atom. The molecule has 154 valence electrons. The van der Waals surface area contributed by atoms with Gasteiger partial charge in [0.1, 0.15) is 11.3 Å². The number of esters is 1. The monoisotopic (exact) mass is 477 g/mol. The molecule has 1 N–H and O–H groups in total. The van der Waals surface area contributed by atoms with Crippen molar-refractivity contribution in [3.05, 3.63) is 94.2 Å². The second-order valence-electron chi connectivity index (χ2n) is 6.68. The molecular weight excluding hydrogens is 462 g/mol. The van der Waals surface area contributed by atoms with Crippen molar-refractivity contribution >= 4 is 50.2 Å². The molecule has 4 rings (SSSR count). The van der Waals surface area contributed by atoms with Gasteiger partial charge < -0.3 is 14.5 Å². The number of ether oxygens (including phenoxy) is 1. The molecule has 0 atom stereocenters. The summed E-state index contributed by atoms with van der Waals surface area (Å²) < 4.78 is 11.8. The lowest BCUT2D eigenvalue weighted by Crippen LogP contribution is -2.16. The van der Waals surface area contributed by atoms with E-state index in [9.17, 15) is 14.4 Å². The molecule has 7 heteroatoms. The molecule has 0 bridgehead atoms. The fraction of sp³-hybridized carbons (Fsp3) is 0.0417. The summed E-state index contributed by atoms with van der Waals surface area (Å²) in [5.41, 5.74) is 1.29. The summed E-state index contributed by atoms with van der Waals surface area (Å²) in [5.74, 6) is -1.30. The van der Waals surface area contributed by atoms with Crippen LogP contribution in [0.15, 0.2) is 81.7 Å². The van der Waals surface area contributed by atoms with Crippen molar-refractivity contribution < 1.29 is 23.5 Å². The van der Waals surface area contributed by atoms with E-state index in [1.807, 2.05) is 0 Å². The SMILES string of the molecule is CC(=O)Oc1ccccc1C(=O)Nc1c(C(=O)c2ccc(Br)cc2)oc2ccccc12. The molecule has 1 aromatic heterocycles. The van der Waals surface area contributed by atoms with Gasteiger partial charge in [-0.05, 0) is 48.5 Å². The van der Waals surface area contributed by atoms with Crippen molar-refractivity contribution in [2.45, 2.75) is 6.92 Å². The van der Waals surface area contributed by atoms with Crippen molar-refractivity contribution in [2.75, 3.05) is 5.32 Å². The zero-order valence-corrected chi connectivity index (χ0v) is 17.9. The largest absolute Gasteiger partial charge is 0.450 e. The van der Waals surface area contributed by atoms with Crippen LogP contribution < -0.4 is 10.1 Å². The number of amides is 1. The van der Waals surface area contributed by atoms with Crippen LogP contribution in [0, 0.1) is 0 Å². The van der Waals surface area contributed by atoms with E-state index in [-0.39, 0.29) is 28.5 Å². The van der Waals surface area contributed by atoms with Crippen LogP contribution in [-0.4, -0.2) is 17.7 Å². The fourth-order valence-electron chi connectivity index (χ4n) is 3.14. The predicted molar refractivity (Wildman–Crippen MR) is 119 cm³/mol. The molecule has 0 aliphatic carbocycles. The minimum absolute atomic E-state index is 0.0156. The Morgan fingerprint density at radius 3 is 2.32 bits per heavy atom. The number of carbonyl (C=O) groups excluding carboxylic acids is 3. The molecular formula is C24H16BrNO5. The Kier molecular flexibility index (Phi) is 5.68. The number of carbonyl (C=O) groups is 3. The molecule has 0 aliphatic heterocycles. The Balaban J connectivity index is 1.76. The van der Waals surface area contributed by atoms with Crippen LogP contribution in [0.1, 0.15) is 33.4 Å². The van der Waals surface area contributed by atoms with Gasteiger partial charge in [-0.25, -0.2) is 0 Å². The van der Waals surface area contributed by atoms with Gasteiger partial charge in [0.2, 0.25) is 5.78 Å². The minimum atomic E-state index is -0.542. The second kappa shape index (κ2) is 8.57. The minimum Gasteiger partial charge on any atom is -0.450 e. The normalized spacial score (nSPS) is 10.6. The maximum Gasteiger partial charge on any atom is 0.308 e. The van der Waals surface area contributed by atoms with Crippen molar-refractivity contribution in [1.29, 1.82) is 0 Å². The van der Waals surface area contributed by atoms with Gasteiger partial charge in [-0.15, -0.1) is 0 Å². The van der Waals surface area contributed by atoms with Gasteiger partial charge in [0.15, 0.2) is 5.76 Å². The summed E-state index contributed by atoms with van der Waals surface area (Å²) in [6, 6.07) is 20.3. The highest BCUT2D eigenvalue weighted by Crippen LogP contribution is 2.33. The molecule has 0 saturated heterocycles. The molecule has 0 radical (unpaired) electrons. The first-order valence-corrected chi connectivity index (χ1v) is 10.1. The Hall–Kier alpha value is -3.71. The van der Waals surface area contributed by atoms with E-state index in [4.69, 9.17) is 9.15 Å². The second-order valence-corrected chi connectivity index (χ2v) is 7.60. The summed E-state index contributed by atoms with van der Waals surface area (Å²) >= 11 is 3.35. The fourth-order valence-corrected chi connectivity index (χ4v) is 3.41. The van der Waals surface area contributed by atoms with Gasteiger partial charge in [0.25, 0.3) is 5.91 Å². The molecule has 0 unspecified atom stereocenters. The molecule has 0 spiro atoms. The van der Waals surface area contributed by atoms with E-state index in [0.29, 0.717) is 16.5 Å². The maximum atomic E-state index is 13.1. The van der Waals surface area contributed by atoms with Crippen LogP contribution in [0.2, 0.25) is 0 Å². The summed E-state index contributed by atoms with van der Waals surface area (Å²) in [4.78, 5) is 37.6.